The van der Waals surface area contributed by atoms with Crippen LogP contribution < -0.4 is 21.3 Å². The van der Waals surface area contributed by atoms with Crippen molar-refractivity contribution in [3.63, 3.8) is 0 Å². The van der Waals surface area contributed by atoms with Crippen molar-refractivity contribution in [1.82, 2.24) is 31.2 Å². The van der Waals surface area contributed by atoms with Gasteiger partial charge in [0, 0.05) is 24.7 Å². The van der Waals surface area contributed by atoms with Crippen molar-refractivity contribution < 1.29 is 28.8 Å². The maximum Gasteiger partial charge on any atom is 0.289 e. The minimum Gasteiger partial charge on any atom is -0.346 e. The first-order chi connectivity index (χ1) is 23.5. The molecular weight excluding hydrogens is 657 g/mol. The number of amides is 5. The fraction of sp³-hybridized carbons (Fsp3) is 0.703. The molecule has 5 rings (SSSR count). The van der Waals surface area contributed by atoms with E-state index >= 15 is 0 Å². The van der Waals surface area contributed by atoms with Crippen LogP contribution in [0.5, 0.6) is 0 Å². The zero-order chi connectivity index (χ0) is 36.6. The number of nitrogens with one attached hydrogen (secondary N) is 4. The highest BCUT2D eigenvalue weighted by atomic mass is 32.1. The van der Waals surface area contributed by atoms with E-state index in [-0.39, 0.29) is 40.6 Å². The Balaban J connectivity index is 1.38. The third-order valence-electron chi connectivity index (χ3n) is 11.5. The van der Waals surface area contributed by atoms with Gasteiger partial charge >= 0.3 is 0 Å². The highest BCUT2D eigenvalue weighted by molar-refractivity contribution is 7.11. The Labute approximate surface area is 299 Å². The lowest BCUT2D eigenvalue weighted by Crippen LogP contribution is -2.64. The summed E-state index contributed by atoms with van der Waals surface area (Å²) in [6, 6.07) is -3.78. The lowest BCUT2D eigenvalue weighted by molar-refractivity contribution is -0.147. The molecule has 3 aliphatic carbocycles. The lowest BCUT2D eigenvalue weighted by Gasteiger charge is -2.42. The summed E-state index contributed by atoms with van der Waals surface area (Å²) in [5.41, 5.74) is -1.47. The van der Waals surface area contributed by atoms with Crippen LogP contribution in [-0.4, -0.2) is 82.5 Å². The molecule has 4 aliphatic rings. The Bertz CT molecular complexity index is 1490. The zero-order valence-electron chi connectivity index (χ0n) is 30.3. The smallest absolute Gasteiger partial charge is 0.289 e. The van der Waals surface area contributed by atoms with Crippen LogP contribution in [0.25, 0.3) is 0 Å². The predicted octanol–water partition coefficient (Wildman–Crippen LogP) is 3.38. The number of Topliss-reactive ketones (excluding diaryl/α,β-unsaturated/α-hetero) is 1. The number of hydrogen-bond acceptors (Lipinski definition) is 8. The fourth-order valence-corrected chi connectivity index (χ4v) is 8.71. The molecule has 1 aromatic heterocycles. The van der Waals surface area contributed by atoms with Gasteiger partial charge in [0.05, 0.1) is 6.04 Å². The number of carbonyl (C=O) groups is 6. The molecule has 3 saturated carbocycles. The third kappa shape index (κ3) is 7.97. The van der Waals surface area contributed by atoms with Crippen LogP contribution >= 0.6 is 11.3 Å². The van der Waals surface area contributed by atoms with E-state index in [2.05, 4.69) is 46.7 Å². The van der Waals surface area contributed by atoms with Gasteiger partial charge in [-0.1, -0.05) is 79.7 Å². The second kappa shape index (κ2) is 14.6. The predicted molar refractivity (Wildman–Crippen MR) is 190 cm³/mol. The first kappa shape index (κ1) is 37.6. The van der Waals surface area contributed by atoms with Crippen LogP contribution in [0.15, 0.2) is 24.2 Å². The molecule has 50 heavy (non-hydrogen) atoms. The van der Waals surface area contributed by atoms with Crippen molar-refractivity contribution in [2.24, 2.45) is 34.0 Å². The van der Waals surface area contributed by atoms with Gasteiger partial charge in [-0.05, 0) is 53.3 Å². The maximum absolute atomic E-state index is 14.6. The maximum atomic E-state index is 14.6. The average Bonchev–Trinajstić information content (AvgIpc) is 3.75. The van der Waals surface area contributed by atoms with Crippen molar-refractivity contribution in [3.8, 4) is 0 Å². The van der Waals surface area contributed by atoms with Crippen LogP contribution in [0.2, 0.25) is 0 Å². The Morgan fingerprint density at radius 1 is 1.04 bits per heavy atom. The van der Waals surface area contributed by atoms with E-state index in [4.69, 9.17) is 0 Å². The van der Waals surface area contributed by atoms with Crippen molar-refractivity contribution in [1.29, 1.82) is 0 Å². The monoisotopic (exact) mass is 710 g/mol. The van der Waals surface area contributed by atoms with E-state index in [1.54, 1.807) is 16.5 Å². The van der Waals surface area contributed by atoms with Gasteiger partial charge in [-0.3, -0.25) is 28.8 Å². The lowest BCUT2D eigenvalue weighted by atomic mass is 9.70. The number of thiazole rings is 1. The molecule has 1 aliphatic heterocycles. The van der Waals surface area contributed by atoms with E-state index in [1.165, 1.54) is 17.4 Å². The topological polar surface area (TPSA) is 167 Å². The fourth-order valence-electron chi connectivity index (χ4n) is 8.17. The first-order valence-corrected chi connectivity index (χ1v) is 18.9. The summed E-state index contributed by atoms with van der Waals surface area (Å²) in [6.45, 7) is 15.8. The number of ketones is 1. The summed E-state index contributed by atoms with van der Waals surface area (Å²) in [5.74, 6) is -3.04. The van der Waals surface area contributed by atoms with Gasteiger partial charge in [0.15, 0.2) is 5.01 Å². The van der Waals surface area contributed by atoms with Crippen LogP contribution in [0, 0.1) is 34.0 Å². The molecule has 4 fully saturated rings. The van der Waals surface area contributed by atoms with Crippen molar-refractivity contribution in [2.45, 2.75) is 117 Å². The molecular formula is C37H54N6O6S. The quantitative estimate of drug-likeness (QED) is 0.170. The molecule has 0 spiro atoms. The Morgan fingerprint density at radius 3 is 2.30 bits per heavy atom. The van der Waals surface area contributed by atoms with Crippen LogP contribution in [0.4, 0.5) is 0 Å². The van der Waals surface area contributed by atoms with E-state index in [1.807, 2.05) is 27.7 Å². The largest absolute Gasteiger partial charge is 0.346 e. The molecule has 13 heteroatoms. The van der Waals surface area contributed by atoms with Gasteiger partial charge in [0.25, 0.3) is 11.8 Å². The van der Waals surface area contributed by atoms with Gasteiger partial charge in [-0.15, -0.1) is 17.9 Å². The highest BCUT2D eigenvalue weighted by Crippen LogP contribution is 2.65. The molecule has 2 heterocycles. The minimum absolute atomic E-state index is 0.0680. The average molecular weight is 711 g/mol. The number of likely N-dealkylation sites (tertiary alicyclic amines) is 1. The summed E-state index contributed by atoms with van der Waals surface area (Å²) in [4.78, 5) is 87.9. The van der Waals surface area contributed by atoms with Gasteiger partial charge < -0.3 is 26.2 Å². The second-order valence-electron chi connectivity index (χ2n) is 16.8. The number of piperidine rings is 1. The SMILES string of the molecule is C=CCNC(=O)C(=O)C(CC1CC1)NC(=O)[C@@H]1[C@@H]2[C@H](CN1C(=O)[C@@H](NC(=O)[C@@H](NC(=O)c1nccs1)C1(C)CCCCC1)C(C)(C)C)C2(C)C. The number of carbonyl (C=O) groups excluding carboxylic acids is 6. The van der Waals surface area contributed by atoms with Crippen molar-refractivity contribution >= 4 is 46.7 Å². The number of hydrogen-bond donors (Lipinski definition) is 4. The minimum atomic E-state index is -1.01. The number of fused-ring (bicyclic) bond motifs is 1. The zero-order valence-corrected chi connectivity index (χ0v) is 31.1. The van der Waals surface area contributed by atoms with E-state index < -0.39 is 64.4 Å². The number of aromatic nitrogens is 1. The summed E-state index contributed by atoms with van der Waals surface area (Å²) in [6.07, 6.45) is 9.64. The van der Waals surface area contributed by atoms with Crippen LogP contribution in [0.1, 0.15) is 103 Å². The van der Waals surface area contributed by atoms with E-state index in [0.717, 1.165) is 44.9 Å². The summed E-state index contributed by atoms with van der Waals surface area (Å²) >= 11 is 1.19. The van der Waals surface area contributed by atoms with Gasteiger partial charge in [0.1, 0.15) is 18.1 Å². The Kier molecular flexibility index (Phi) is 11.0. The highest BCUT2D eigenvalue weighted by Gasteiger charge is 2.70. The molecule has 5 amide bonds. The van der Waals surface area contributed by atoms with Gasteiger partial charge in [0.2, 0.25) is 23.5 Å². The third-order valence-corrected chi connectivity index (χ3v) is 12.3. The first-order valence-electron chi connectivity index (χ1n) is 18.0. The van der Waals surface area contributed by atoms with Crippen molar-refractivity contribution in [3.05, 3.63) is 29.2 Å². The molecule has 0 aromatic carbocycles. The standard InChI is InChI=1S/C37H54N6O6S/c1-8-16-38-30(46)26(44)23(19-21-12-13-21)40-29(45)25-24-22(36(24,5)6)20-43(25)34(49)28(35(2,3)4)42-31(47)27(37(7)14-10-9-11-15-37)41-32(48)33-39-17-18-50-33/h8,17-18,21-25,27-28H,1,9-16,19-20H2,2-7H3,(H,38,46)(H,40,45)(H,41,48)(H,42,47)/t22-,23?,24-,25-,27+,28+/m0/s1. The van der Waals surface area contributed by atoms with Gasteiger partial charge in [-0.25, -0.2) is 4.98 Å². The van der Waals surface area contributed by atoms with Gasteiger partial charge in [-0.2, -0.15) is 0 Å². The van der Waals surface area contributed by atoms with E-state index in [0.29, 0.717) is 13.0 Å². The molecule has 0 radical (unpaired) electrons. The molecule has 0 bridgehead atoms. The molecule has 12 nitrogen and oxygen atoms in total. The Morgan fingerprint density at radius 2 is 1.72 bits per heavy atom. The second-order valence-corrected chi connectivity index (χ2v) is 17.7. The molecule has 1 saturated heterocycles. The summed E-state index contributed by atoms with van der Waals surface area (Å²) in [5, 5.41) is 13.4. The summed E-state index contributed by atoms with van der Waals surface area (Å²) in [7, 11) is 0. The van der Waals surface area contributed by atoms with Crippen molar-refractivity contribution in [2.75, 3.05) is 13.1 Å². The molecule has 6 atom stereocenters. The van der Waals surface area contributed by atoms with Crippen LogP contribution in [-0.2, 0) is 24.0 Å². The summed E-state index contributed by atoms with van der Waals surface area (Å²) < 4.78 is 0. The molecule has 274 valence electrons. The van der Waals surface area contributed by atoms with E-state index in [9.17, 15) is 28.8 Å². The number of rotatable bonds is 14. The molecule has 1 aromatic rings. The Hall–Kier alpha value is -3.61. The molecule has 1 unspecified atom stereocenters. The van der Waals surface area contributed by atoms with Crippen LogP contribution in [0.3, 0.4) is 0 Å². The normalized spacial score (nSPS) is 25.2. The number of nitrogens with zero attached hydrogens (tertiary/aromatic N) is 2. The molecule has 4 N–H and O–H groups in total.